The van der Waals surface area contributed by atoms with Gasteiger partial charge in [-0.15, -0.1) is 0 Å². The Labute approximate surface area is 126 Å². The van der Waals surface area contributed by atoms with Gasteiger partial charge in [0.1, 0.15) is 0 Å². The average Bonchev–Trinajstić information content (AvgIpc) is 2.55. The Morgan fingerprint density at radius 2 is 1.62 bits per heavy atom. The summed E-state index contributed by atoms with van der Waals surface area (Å²) in [6, 6.07) is 23.6. The molecular weight excluding hydrogens is 254 g/mol. The van der Waals surface area contributed by atoms with Gasteiger partial charge in [-0.1, -0.05) is 60.7 Å². The highest BCUT2D eigenvalue weighted by molar-refractivity contribution is 5.38. The molecule has 2 aromatic carbocycles. The minimum atomic E-state index is 0.372. The summed E-state index contributed by atoms with van der Waals surface area (Å²) in [7, 11) is 0. The van der Waals surface area contributed by atoms with Crippen molar-refractivity contribution < 1.29 is 0 Å². The summed E-state index contributed by atoms with van der Waals surface area (Å²) in [5, 5.41) is 0. The Morgan fingerprint density at radius 3 is 2.33 bits per heavy atom. The number of hydrogen-bond donors (Lipinski definition) is 0. The summed E-state index contributed by atoms with van der Waals surface area (Å²) in [5.74, 6) is 0.372. The number of aryl methyl sites for hydroxylation is 1. The molecule has 1 heteroatoms. The van der Waals surface area contributed by atoms with Crippen molar-refractivity contribution in [1.29, 1.82) is 0 Å². The molecule has 1 atom stereocenters. The molecule has 1 aromatic heterocycles. The number of hydrogen-bond acceptors (Lipinski definition) is 1. The van der Waals surface area contributed by atoms with E-state index in [0.717, 1.165) is 6.42 Å². The van der Waals surface area contributed by atoms with E-state index in [0.29, 0.717) is 5.92 Å². The van der Waals surface area contributed by atoms with Gasteiger partial charge in [0, 0.05) is 18.3 Å². The van der Waals surface area contributed by atoms with Crippen molar-refractivity contribution in [1.82, 2.24) is 4.98 Å². The number of pyridine rings is 1. The zero-order valence-corrected chi connectivity index (χ0v) is 12.2. The lowest BCUT2D eigenvalue weighted by Crippen LogP contribution is -2.07. The Kier molecular flexibility index (Phi) is 4.11. The smallest absolute Gasteiger partial charge is 0.0300 e. The van der Waals surface area contributed by atoms with Crippen LogP contribution in [0.2, 0.25) is 0 Å². The molecule has 0 aliphatic rings. The van der Waals surface area contributed by atoms with Crippen LogP contribution in [-0.2, 0) is 6.42 Å². The first kappa shape index (κ1) is 13.6. The molecular formula is C20H19N. The van der Waals surface area contributed by atoms with Crippen LogP contribution in [-0.4, -0.2) is 4.98 Å². The first-order valence-electron chi connectivity index (χ1n) is 7.34. The highest BCUT2D eigenvalue weighted by Crippen LogP contribution is 2.30. The zero-order chi connectivity index (χ0) is 14.5. The van der Waals surface area contributed by atoms with E-state index in [9.17, 15) is 0 Å². The summed E-state index contributed by atoms with van der Waals surface area (Å²) in [6.07, 6.45) is 4.77. The standard InChI is InChI=1S/C20H19N/c1-16-8-5-6-12-19(16)20(18-10-3-2-4-11-18)14-17-9-7-13-21-15-17/h2-13,15,20H,14H2,1H3. The van der Waals surface area contributed by atoms with Crippen LogP contribution in [0.5, 0.6) is 0 Å². The fourth-order valence-corrected chi connectivity index (χ4v) is 2.83. The predicted octanol–water partition coefficient (Wildman–Crippen LogP) is 4.76. The summed E-state index contributed by atoms with van der Waals surface area (Å²) < 4.78 is 0. The maximum Gasteiger partial charge on any atom is 0.0300 e. The van der Waals surface area contributed by atoms with Crippen LogP contribution < -0.4 is 0 Å². The van der Waals surface area contributed by atoms with Gasteiger partial charge >= 0.3 is 0 Å². The minimum absolute atomic E-state index is 0.372. The molecule has 0 saturated carbocycles. The van der Waals surface area contributed by atoms with E-state index in [-0.39, 0.29) is 0 Å². The molecule has 1 nitrogen and oxygen atoms in total. The number of rotatable bonds is 4. The molecule has 1 unspecified atom stereocenters. The van der Waals surface area contributed by atoms with Gasteiger partial charge < -0.3 is 0 Å². The van der Waals surface area contributed by atoms with Crippen LogP contribution >= 0.6 is 0 Å². The van der Waals surface area contributed by atoms with Crippen LogP contribution in [0, 0.1) is 6.92 Å². The van der Waals surface area contributed by atoms with E-state index >= 15 is 0 Å². The molecule has 0 amide bonds. The van der Waals surface area contributed by atoms with Crippen molar-refractivity contribution in [2.45, 2.75) is 19.3 Å². The Bertz CT molecular complexity index is 689. The van der Waals surface area contributed by atoms with Gasteiger partial charge in [-0.05, 0) is 41.7 Å². The summed E-state index contributed by atoms with van der Waals surface area (Å²) >= 11 is 0. The largest absolute Gasteiger partial charge is 0.264 e. The second-order valence-corrected chi connectivity index (χ2v) is 5.39. The summed E-state index contributed by atoms with van der Waals surface area (Å²) in [6.45, 7) is 2.19. The lowest BCUT2D eigenvalue weighted by Gasteiger charge is -2.20. The fourth-order valence-electron chi connectivity index (χ4n) is 2.83. The molecule has 0 N–H and O–H groups in total. The Hall–Kier alpha value is -2.41. The topological polar surface area (TPSA) is 12.9 Å². The summed E-state index contributed by atoms with van der Waals surface area (Å²) in [5.41, 5.74) is 5.37. The van der Waals surface area contributed by atoms with Crippen LogP contribution in [0.1, 0.15) is 28.2 Å². The fraction of sp³-hybridized carbons (Fsp3) is 0.150. The maximum atomic E-state index is 4.25. The highest BCUT2D eigenvalue weighted by atomic mass is 14.6. The van der Waals surface area contributed by atoms with Crippen molar-refractivity contribution in [3.63, 3.8) is 0 Å². The van der Waals surface area contributed by atoms with Crippen LogP contribution in [0.15, 0.2) is 79.1 Å². The van der Waals surface area contributed by atoms with E-state index in [1.165, 1.54) is 22.3 Å². The molecule has 0 spiro atoms. The normalized spacial score (nSPS) is 12.0. The predicted molar refractivity (Wildman–Crippen MR) is 87.4 cm³/mol. The van der Waals surface area contributed by atoms with Gasteiger partial charge in [0.15, 0.2) is 0 Å². The minimum Gasteiger partial charge on any atom is -0.264 e. The van der Waals surface area contributed by atoms with Crippen LogP contribution in [0.4, 0.5) is 0 Å². The quantitative estimate of drug-likeness (QED) is 0.667. The van der Waals surface area contributed by atoms with E-state index in [1.807, 2.05) is 18.5 Å². The molecule has 3 rings (SSSR count). The first-order valence-corrected chi connectivity index (χ1v) is 7.34. The van der Waals surface area contributed by atoms with Gasteiger partial charge in [-0.25, -0.2) is 0 Å². The molecule has 0 saturated heterocycles. The monoisotopic (exact) mass is 273 g/mol. The van der Waals surface area contributed by atoms with E-state index in [4.69, 9.17) is 0 Å². The molecule has 0 radical (unpaired) electrons. The lowest BCUT2D eigenvalue weighted by molar-refractivity contribution is 0.795. The second-order valence-electron chi connectivity index (χ2n) is 5.39. The molecule has 1 heterocycles. The van der Waals surface area contributed by atoms with Crippen molar-refractivity contribution >= 4 is 0 Å². The average molecular weight is 273 g/mol. The molecule has 104 valence electrons. The van der Waals surface area contributed by atoms with Crippen molar-refractivity contribution in [3.05, 3.63) is 101 Å². The van der Waals surface area contributed by atoms with E-state index < -0.39 is 0 Å². The van der Waals surface area contributed by atoms with Crippen LogP contribution in [0.3, 0.4) is 0 Å². The first-order chi connectivity index (χ1) is 10.3. The zero-order valence-electron chi connectivity index (χ0n) is 12.2. The number of nitrogens with zero attached hydrogens (tertiary/aromatic N) is 1. The van der Waals surface area contributed by atoms with Gasteiger partial charge in [-0.3, -0.25) is 4.98 Å². The SMILES string of the molecule is Cc1ccccc1C(Cc1cccnc1)c1ccccc1. The van der Waals surface area contributed by atoms with Crippen molar-refractivity contribution in [3.8, 4) is 0 Å². The molecule has 0 fully saturated rings. The Balaban J connectivity index is 2.02. The van der Waals surface area contributed by atoms with Crippen LogP contribution in [0.25, 0.3) is 0 Å². The molecule has 0 aliphatic carbocycles. The van der Waals surface area contributed by atoms with Gasteiger partial charge in [-0.2, -0.15) is 0 Å². The maximum absolute atomic E-state index is 4.25. The van der Waals surface area contributed by atoms with Crippen molar-refractivity contribution in [2.75, 3.05) is 0 Å². The Morgan fingerprint density at radius 1 is 0.857 bits per heavy atom. The third-order valence-electron chi connectivity index (χ3n) is 3.93. The molecule has 21 heavy (non-hydrogen) atoms. The number of benzene rings is 2. The summed E-state index contributed by atoms with van der Waals surface area (Å²) in [4.78, 5) is 4.25. The second kappa shape index (κ2) is 6.36. The molecule has 0 aliphatic heterocycles. The van der Waals surface area contributed by atoms with Gasteiger partial charge in [0.2, 0.25) is 0 Å². The number of aromatic nitrogens is 1. The lowest BCUT2D eigenvalue weighted by atomic mass is 9.84. The third-order valence-corrected chi connectivity index (χ3v) is 3.93. The van der Waals surface area contributed by atoms with E-state index in [1.54, 1.807) is 0 Å². The van der Waals surface area contributed by atoms with Gasteiger partial charge in [0.05, 0.1) is 0 Å². The molecule has 3 aromatic rings. The van der Waals surface area contributed by atoms with Gasteiger partial charge in [0.25, 0.3) is 0 Å². The van der Waals surface area contributed by atoms with E-state index in [2.05, 4.69) is 72.6 Å². The molecule has 0 bridgehead atoms. The van der Waals surface area contributed by atoms with Crippen molar-refractivity contribution in [2.24, 2.45) is 0 Å². The third kappa shape index (κ3) is 3.19. The highest BCUT2D eigenvalue weighted by Gasteiger charge is 2.16.